The van der Waals surface area contributed by atoms with E-state index < -0.39 is 0 Å². The van der Waals surface area contributed by atoms with E-state index in [-0.39, 0.29) is 0 Å². The Kier molecular flexibility index (Phi) is 2.32. The molecule has 0 spiro atoms. The molecule has 1 saturated carbocycles. The SMILES string of the molecule is Cc1nc(-n2ccc(C3CC3)n2)ccc1Br. The van der Waals surface area contributed by atoms with E-state index in [1.165, 1.54) is 18.5 Å². The van der Waals surface area contributed by atoms with Crippen LogP contribution in [-0.4, -0.2) is 14.8 Å². The van der Waals surface area contributed by atoms with Crippen molar-refractivity contribution in [2.24, 2.45) is 0 Å². The number of halogens is 1. The zero-order valence-electron chi connectivity index (χ0n) is 9.02. The van der Waals surface area contributed by atoms with Crippen LogP contribution in [0.3, 0.4) is 0 Å². The summed E-state index contributed by atoms with van der Waals surface area (Å²) in [6.07, 6.45) is 4.55. The van der Waals surface area contributed by atoms with Crippen LogP contribution in [0, 0.1) is 6.92 Å². The Hall–Kier alpha value is -1.16. The molecule has 16 heavy (non-hydrogen) atoms. The van der Waals surface area contributed by atoms with Crippen LogP contribution in [0.1, 0.15) is 30.1 Å². The fourth-order valence-electron chi connectivity index (χ4n) is 1.72. The molecule has 1 fully saturated rings. The molecule has 0 radical (unpaired) electrons. The van der Waals surface area contributed by atoms with Gasteiger partial charge in [0.1, 0.15) is 0 Å². The molecule has 0 saturated heterocycles. The minimum atomic E-state index is 0.692. The number of pyridine rings is 1. The average molecular weight is 278 g/mol. The molecule has 2 aromatic rings. The summed E-state index contributed by atoms with van der Waals surface area (Å²) >= 11 is 3.45. The molecule has 0 N–H and O–H groups in total. The number of nitrogens with zero attached hydrogens (tertiary/aromatic N) is 3. The lowest BCUT2D eigenvalue weighted by Crippen LogP contribution is -2.00. The van der Waals surface area contributed by atoms with Gasteiger partial charge in [0.2, 0.25) is 0 Å². The van der Waals surface area contributed by atoms with Crippen molar-refractivity contribution in [2.45, 2.75) is 25.7 Å². The third kappa shape index (κ3) is 1.78. The summed E-state index contributed by atoms with van der Waals surface area (Å²) in [6, 6.07) is 6.08. The summed E-state index contributed by atoms with van der Waals surface area (Å²) in [4.78, 5) is 4.49. The van der Waals surface area contributed by atoms with E-state index in [0.717, 1.165) is 16.0 Å². The second kappa shape index (κ2) is 3.70. The zero-order valence-corrected chi connectivity index (χ0v) is 10.6. The van der Waals surface area contributed by atoms with Gasteiger partial charge in [0, 0.05) is 16.6 Å². The number of aryl methyl sites for hydroxylation is 1. The zero-order chi connectivity index (χ0) is 11.1. The number of aromatic nitrogens is 3. The molecule has 2 heterocycles. The lowest BCUT2D eigenvalue weighted by atomic mass is 10.3. The first kappa shape index (κ1) is 10.0. The third-order valence-corrected chi connectivity index (χ3v) is 3.68. The van der Waals surface area contributed by atoms with Crippen LogP contribution in [0.4, 0.5) is 0 Å². The number of rotatable bonds is 2. The van der Waals surface area contributed by atoms with Crippen molar-refractivity contribution in [2.75, 3.05) is 0 Å². The highest BCUT2D eigenvalue weighted by Crippen LogP contribution is 2.38. The number of hydrogen-bond acceptors (Lipinski definition) is 2. The van der Waals surface area contributed by atoms with Crippen LogP contribution >= 0.6 is 15.9 Å². The maximum atomic E-state index is 4.55. The van der Waals surface area contributed by atoms with Crippen molar-refractivity contribution in [1.29, 1.82) is 0 Å². The molecule has 0 bridgehead atoms. The molecule has 82 valence electrons. The van der Waals surface area contributed by atoms with E-state index in [1.54, 1.807) is 0 Å². The summed E-state index contributed by atoms with van der Waals surface area (Å²) in [5.41, 5.74) is 2.18. The second-order valence-corrected chi connectivity index (χ2v) is 5.05. The molecule has 0 aromatic carbocycles. The summed E-state index contributed by atoms with van der Waals surface area (Å²) in [5, 5.41) is 4.55. The van der Waals surface area contributed by atoms with E-state index in [9.17, 15) is 0 Å². The predicted molar refractivity (Wildman–Crippen MR) is 65.8 cm³/mol. The van der Waals surface area contributed by atoms with Crippen molar-refractivity contribution in [3.8, 4) is 5.82 Å². The molecular weight excluding hydrogens is 266 g/mol. The van der Waals surface area contributed by atoms with Gasteiger partial charge < -0.3 is 0 Å². The highest BCUT2D eigenvalue weighted by Gasteiger charge is 2.25. The molecule has 0 aliphatic heterocycles. The van der Waals surface area contributed by atoms with Crippen molar-refractivity contribution >= 4 is 15.9 Å². The van der Waals surface area contributed by atoms with Crippen LogP contribution < -0.4 is 0 Å². The van der Waals surface area contributed by atoms with E-state index in [2.05, 4.69) is 32.1 Å². The Morgan fingerprint density at radius 2 is 2.12 bits per heavy atom. The van der Waals surface area contributed by atoms with Gasteiger partial charge >= 0.3 is 0 Å². The minimum Gasteiger partial charge on any atom is -0.233 e. The fourth-order valence-corrected chi connectivity index (χ4v) is 1.94. The summed E-state index contributed by atoms with van der Waals surface area (Å²) in [5.74, 6) is 1.57. The van der Waals surface area contributed by atoms with E-state index in [1.807, 2.05) is 29.9 Å². The Morgan fingerprint density at radius 1 is 1.31 bits per heavy atom. The first-order chi connectivity index (χ1) is 7.74. The fraction of sp³-hybridized carbons (Fsp3) is 0.333. The quantitative estimate of drug-likeness (QED) is 0.844. The predicted octanol–water partition coefficient (Wildman–Crippen LogP) is 3.22. The smallest absolute Gasteiger partial charge is 0.153 e. The topological polar surface area (TPSA) is 30.7 Å². The molecule has 3 nitrogen and oxygen atoms in total. The van der Waals surface area contributed by atoms with Crippen LogP contribution in [0.2, 0.25) is 0 Å². The maximum absolute atomic E-state index is 4.55. The molecular formula is C12H12BrN3. The van der Waals surface area contributed by atoms with Gasteiger partial charge in [-0.1, -0.05) is 0 Å². The van der Waals surface area contributed by atoms with Gasteiger partial charge in [0.25, 0.3) is 0 Å². The highest BCUT2D eigenvalue weighted by molar-refractivity contribution is 9.10. The maximum Gasteiger partial charge on any atom is 0.153 e. The van der Waals surface area contributed by atoms with Crippen molar-refractivity contribution < 1.29 is 0 Å². The van der Waals surface area contributed by atoms with Crippen LogP contribution in [-0.2, 0) is 0 Å². The molecule has 1 aliphatic carbocycles. The van der Waals surface area contributed by atoms with Crippen LogP contribution in [0.15, 0.2) is 28.9 Å². The molecule has 1 aliphatic rings. The Balaban J connectivity index is 1.97. The molecule has 3 rings (SSSR count). The highest BCUT2D eigenvalue weighted by atomic mass is 79.9. The van der Waals surface area contributed by atoms with Crippen LogP contribution in [0.5, 0.6) is 0 Å². The monoisotopic (exact) mass is 277 g/mol. The van der Waals surface area contributed by atoms with Gasteiger partial charge in [0.15, 0.2) is 5.82 Å². The van der Waals surface area contributed by atoms with Gasteiger partial charge in [-0.2, -0.15) is 5.10 Å². The van der Waals surface area contributed by atoms with Gasteiger partial charge in [-0.25, -0.2) is 9.67 Å². The van der Waals surface area contributed by atoms with Crippen molar-refractivity contribution in [3.05, 3.63) is 40.3 Å². The third-order valence-electron chi connectivity index (χ3n) is 2.85. The first-order valence-corrected chi connectivity index (χ1v) is 6.22. The lowest BCUT2D eigenvalue weighted by Gasteiger charge is -2.02. The molecule has 0 unspecified atom stereocenters. The Morgan fingerprint density at radius 3 is 2.81 bits per heavy atom. The standard InChI is InChI=1S/C12H12BrN3/c1-8-10(13)4-5-12(14-8)16-7-6-11(15-16)9-2-3-9/h4-7,9H,2-3H2,1H3. The van der Waals surface area contributed by atoms with Gasteiger partial charge in [-0.05, 0) is 53.9 Å². The molecule has 2 aromatic heterocycles. The van der Waals surface area contributed by atoms with Gasteiger partial charge in [0.05, 0.1) is 11.4 Å². The molecule has 4 heteroatoms. The van der Waals surface area contributed by atoms with Crippen LogP contribution in [0.25, 0.3) is 5.82 Å². The van der Waals surface area contributed by atoms with Crippen molar-refractivity contribution in [3.63, 3.8) is 0 Å². The van der Waals surface area contributed by atoms with E-state index in [0.29, 0.717) is 5.92 Å². The summed E-state index contributed by atoms with van der Waals surface area (Å²) < 4.78 is 2.89. The largest absolute Gasteiger partial charge is 0.233 e. The average Bonchev–Trinajstić information content (AvgIpc) is 3.01. The first-order valence-electron chi connectivity index (χ1n) is 5.43. The Bertz CT molecular complexity index is 529. The van der Waals surface area contributed by atoms with E-state index >= 15 is 0 Å². The normalized spacial score (nSPS) is 15.4. The lowest BCUT2D eigenvalue weighted by molar-refractivity contribution is 0.807. The molecule has 0 atom stereocenters. The van der Waals surface area contributed by atoms with Gasteiger partial charge in [-0.15, -0.1) is 0 Å². The van der Waals surface area contributed by atoms with Crippen molar-refractivity contribution in [1.82, 2.24) is 14.8 Å². The van der Waals surface area contributed by atoms with E-state index in [4.69, 9.17) is 0 Å². The summed E-state index contributed by atoms with van der Waals surface area (Å²) in [7, 11) is 0. The summed E-state index contributed by atoms with van der Waals surface area (Å²) in [6.45, 7) is 1.99. The second-order valence-electron chi connectivity index (χ2n) is 4.20. The Labute approximate surface area is 103 Å². The van der Waals surface area contributed by atoms with Gasteiger partial charge in [-0.3, -0.25) is 0 Å². The molecule has 0 amide bonds. The number of hydrogen-bond donors (Lipinski definition) is 0. The minimum absolute atomic E-state index is 0.692.